The minimum absolute atomic E-state index is 0.127. The maximum Gasteiger partial charge on any atom is 0.254 e. The second-order valence-corrected chi connectivity index (χ2v) is 5.59. The van der Waals surface area contributed by atoms with Crippen LogP contribution in [0.3, 0.4) is 0 Å². The summed E-state index contributed by atoms with van der Waals surface area (Å²) in [5.74, 6) is 0.127. The second kappa shape index (κ2) is 4.82. The Morgan fingerprint density at radius 2 is 1.75 bits per heavy atom. The number of fused-ring (bicyclic) bond motifs is 1. The first-order valence-electron chi connectivity index (χ1n) is 7.11. The van der Waals surface area contributed by atoms with Crippen molar-refractivity contribution < 1.29 is 4.79 Å². The van der Waals surface area contributed by atoms with Gasteiger partial charge in [-0.05, 0) is 45.0 Å². The van der Waals surface area contributed by atoms with Gasteiger partial charge in [0.05, 0.1) is 6.04 Å². The Kier molecular flexibility index (Phi) is 3.13. The molecule has 1 atom stereocenters. The number of hydrogen-bond acceptors (Lipinski definition) is 1. The first-order chi connectivity index (χ1) is 9.58. The summed E-state index contributed by atoms with van der Waals surface area (Å²) in [6.45, 7) is 7.92. The highest BCUT2D eigenvalue weighted by atomic mass is 16.2. The van der Waals surface area contributed by atoms with Gasteiger partial charge in [0.15, 0.2) is 0 Å². The molecule has 0 unspecified atom stereocenters. The highest BCUT2D eigenvalue weighted by molar-refractivity contribution is 5.94. The van der Waals surface area contributed by atoms with Crippen LogP contribution in [0.1, 0.15) is 40.3 Å². The molecule has 1 aromatic heterocycles. The minimum Gasteiger partial charge on any atom is -0.345 e. The molecule has 1 amide bonds. The fourth-order valence-corrected chi connectivity index (χ4v) is 2.96. The summed E-state index contributed by atoms with van der Waals surface area (Å²) < 4.78 is 2.31. The average Bonchev–Trinajstić information content (AvgIpc) is 2.82. The standard InChI is InChI=1S/C17H20N2O/c1-12-4-7-15(8-5-12)17(20)19-11-10-18-13(2)6-9-16(18)14(19)3/h4-9,14H,10-11H2,1-3H3/t14-/m0/s1. The Morgan fingerprint density at radius 1 is 1.05 bits per heavy atom. The van der Waals surface area contributed by atoms with Crippen LogP contribution in [0.2, 0.25) is 0 Å². The van der Waals surface area contributed by atoms with Gasteiger partial charge in [-0.3, -0.25) is 4.79 Å². The van der Waals surface area contributed by atoms with E-state index in [-0.39, 0.29) is 11.9 Å². The molecule has 0 fully saturated rings. The Balaban J connectivity index is 1.88. The summed E-state index contributed by atoms with van der Waals surface area (Å²) in [7, 11) is 0. The van der Waals surface area contributed by atoms with Gasteiger partial charge in [0, 0.05) is 30.0 Å². The van der Waals surface area contributed by atoms with Gasteiger partial charge in [-0.25, -0.2) is 0 Å². The van der Waals surface area contributed by atoms with Crippen molar-refractivity contribution in [2.75, 3.05) is 6.54 Å². The molecule has 1 aliphatic rings. The summed E-state index contributed by atoms with van der Waals surface area (Å²) in [5.41, 5.74) is 4.46. The van der Waals surface area contributed by atoms with Crippen molar-refractivity contribution in [3.05, 3.63) is 58.9 Å². The molecule has 1 aliphatic heterocycles. The molecule has 0 saturated heterocycles. The molecule has 0 aliphatic carbocycles. The van der Waals surface area contributed by atoms with Gasteiger partial charge >= 0.3 is 0 Å². The lowest BCUT2D eigenvalue weighted by molar-refractivity contribution is 0.0643. The lowest BCUT2D eigenvalue weighted by atomic mass is 10.1. The Morgan fingerprint density at radius 3 is 2.45 bits per heavy atom. The van der Waals surface area contributed by atoms with E-state index in [2.05, 4.69) is 30.5 Å². The van der Waals surface area contributed by atoms with Crippen molar-refractivity contribution >= 4 is 5.91 Å². The molecular formula is C17H20N2O. The van der Waals surface area contributed by atoms with Crippen molar-refractivity contribution in [2.45, 2.75) is 33.4 Å². The molecule has 104 valence electrons. The summed E-state index contributed by atoms with van der Waals surface area (Å²) in [5, 5.41) is 0. The molecule has 0 spiro atoms. The van der Waals surface area contributed by atoms with E-state index in [1.54, 1.807) is 0 Å². The molecule has 0 saturated carbocycles. The van der Waals surface area contributed by atoms with Crippen LogP contribution in [0.5, 0.6) is 0 Å². The number of amides is 1. The van der Waals surface area contributed by atoms with Crippen molar-refractivity contribution in [3.8, 4) is 0 Å². The second-order valence-electron chi connectivity index (χ2n) is 5.59. The monoisotopic (exact) mass is 268 g/mol. The van der Waals surface area contributed by atoms with Crippen LogP contribution >= 0.6 is 0 Å². The van der Waals surface area contributed by atoms with Gasteiger partial charge < -0.3 is 9.47 Å². The van der Waals surface area contributed by atoms with E-state index < -0.39 is 0 Å². The van der Waals surface area contributed by atoms with Crippen LogP contribution in [0, 0.1) is 13.8 Å². The largest absolute Gasteiger partial charge is 0.345 e. The molecule has 2 heterocycles. The maximum atomic E-state index is 12.7. The molecule has 3 rings (SSSR count). The van der Waals surface area contributed by atoms with Crippen LogP contribution in [0.15, 0.2) is 36.4 Å². The van der Waals surface area contributed by atoms with Crippen molar-refractivity contribution in [3.63, 3.8) is 0 Å². The van der Waals surface area contributed by atoms with Gasteiger partial charge in [-0.2, -0.15) is 0 Å². The zero-order chi connectivity index (χ0) is 14.3. The van der Waals surface area contributed by atoms with E-state index in [0.29, 0.717) is 0 Å². The van der Waals surface area contributed by atoms with E-state index in [1.165, 1.54) is 17.0 Å². The SMILES string of the molecule is Cc1ccc(C(=O)N2CCn3c(C)ccc3[C@@H]2C)cc1. The van der Waals surface area contributed by atoms with Crippen LogP contribution in [0.25, 0.3) is 0 Å². The molecular weight excluding hydrogens is 248 g/mol. The zero-order valence-corrected chi connectivity index (χ0v) is 12.3. The molecule has 3 heteroatoms. The first kappa shape index (κ1) is 13.0. The zero-order valence-electron chi connectivity index (χ0n) is 12.3. The lowest BCUT2D eigenvalue weighted by Crippen LogP contribution is -2.41. The van der Waals surface area contributed by atoms with Crippen LogP contribution < -0.4 is 0 Å². The van der Waals surface area contributed by atoms with E-state index in [9.17, 15) is 4.79 Å². The number of carbonyl (C=O) groups is 1. The predicted molar refractivity (Wildman–Crippen MR) is 79.8 cm³/mol. The number of hydrogen-bond donors (Lipinski definition) is 0. The van der Waals surface area contributed by atoms with E-state index >= 15 is 0 Å². The number of aryl methyl sites for hydroxylation is 2. The summed E-state index contributed by atoms with van der Waals surface area (Å²) in [6, 6.07) is 12.2. The topological polar surface area (TPSA) is 25.2 Å². The fraction of sp³-hybridized carbons (Fsp3) is 0.353. The lowest BCUT2D eigenvalue weighted by Gasteiger charge is -2.35. The molecule has 20 heavy (non-hydrogen) atoms. The molecule has 2 aromatic rings. The number of nitrogens with zero attached hydrogens (tertiary/aromatic N) is 2. The van der Waals surface area contributed by atoms with Gasteiger partial charge in [0.25, 0.3) is 5.91 Å². The summed E-state index contributed by atoms with van der Waals surface area (Å²) in [6.07, 6.45) is 0. The van der Waals surface area contributed by atoms with Crippen LogP contribution in [-0.2, 0) is 6.54 Å². The molecule has 1 aromatic carbocycles. The van der Waals surface area contributed by atoms with E-state index in [0.717, 1.165) is 18.7 Å². The van der Waals surface area contributed by atoms with Crippen molar-refractivity contribution in [1.82, 2.24) is 9.47 Å². The molecule has 0 radical (unpaired) electrons. The minimum atomic E-state index is 0.127. The quantitative estimate of drug-likeness (QED) is 0.779. The van der Waals surface area contributed by atoms with E-state index in [4.69, 9.17) is 0 Å². The molecule has 0 bridgehead atoms. The summed E-state index contributed by atoms with van der Waals surface area (Å²) >= 11 is 0. The number of aromatic nitrogens is 1. The predicted octanol–water partition coefficient (Wildman–Crippen LogP) is 3.32. The fourth-order valence-electron chi connectivity index (χ4n) is 2.96. The Hall–Kier alpha value is -2.03. The van der Waals surface area contributed by atoms with Crippen molar-refractivity contribution in [2.24, 2.45) is 0 Å². The van der Waals surface area contributed by atoms with Crippen LogP contribution in [0.4, 0.5) is 0 Å². The third-order valence-electron chi connectivity index (χ3n) is 4.25. The number of carbonyl (C=O) groups excluding carboxylic acids is 1. The van der Waals surface area contributed by atoms with Gasteiger partial charge in [-0.1, -0.05) is 17.7 Å². The highest BCUT2D eigenvalue weighted by Gasteiger charge is 2.28. The van der Waals surface area contributed by atoms with Crippen LogP contribution in [-0.4, -0.2) is 21.9 Å². The first-order valence-corrected chi connectivity index (χ1v) is 7.11. The average molecular weight is 268 g/mol. The Labute approximate surface area is 119 Å². The van der Waals surface area contributed by atoms with Gasteiger partial charge in [0.2, 0.25) is 0 Å². The number of rotatable bonds is 1. The highest BCUT2D eigenvalue weighted by Crippen LogP contribution is 2.28. The van der Waals surface area contributed by atoms with Crippen molar-refractivity contribution in [1.29, 1.82) is 0 Å². The Bertz CT molecular complexity index is 640. The smallest absolute Gasteiger partial charge is 0.254 e. The van der Waals surface area contributed by atoms with Gasteiger partial charge in [0.1, 0.15) is 0 Å². The van der Waals surface area contributed by atoms with E-state index in [1.807, 2.05) is 36.1 Å². The third kappa shape index (κ3) is 2.03. The third-order valence-corrected chi connectivity index (χ3v) is 4.25. The maximum absolute atomic E-state index is 12.7. The number of benzene rings is 1. The summed E-state index contributed by atoms with van der Waals surface area (Å²) in [4.78, 5) is 14.6. The molecule has 0 N–H and O–H groups in total. The molecule has 3 nitrogen and oxygen atoms in total. The normalized spacial score (nSPS) is 17.9. The van der Waals surface area contributed by atoms with Gasteiger partial charge in [-0.15, -0.1) is 0 Å².